The van der Waals surface area contributed by atoms with E-state index in [1.54, 1.807) is 0 Å². The second-order valence-corrected chi connectivity index (χ2v) is 7.86. The molecule has 2 aromatic rings. The zero-order valence-electron chi connectivity index (χ0n) is 15.9. The van der Waals surface area contributed by atoms with E-state index >= 15 is 0 Å². The topological polar surface area (TPSA) is 35.2 Å². The van der Waals surface area contributed by atoms with E-state index in [0.717, 1.165) is 30.0 Å². The van der Waals surface area contributed by atoms with Gasteiger partial charge >= 0.3 is 0 Å². The molecule has 0 spiro atoms. The van der Waals surface area contributed by atoms with Gasteiger partial charge in [0.1, 0.15) is 11.5 Å². The Morgan fingerprint density at radius 2 is 1.42 bits per heavy atom. The fourth-order valence-corrected chi connectivity index (χ4v) is 2.63. The van der Waals surface area contributed by atoms with Crippen molar-refractivity contribution in [1.29, 1.82) is 0 Å². The van der Waals surface area contributed by atoms with Crippen molar-refractivity contribution in [3.8, 4) is 11.5 Å². The molecule has 2 N–H and O–H groups in total. The van der Waals surface area contributed by atoms with E-state index in [4.69, 9.17) is 10.5 Å². The van der Waals surface area contributed by atoms with Gasteiger partial charge in [-0.1, -0.05) is 53.7 Å². The van der Waals surface area contributed by atoms with Crippen LogP contribution < -0.4 is 10.5 Å². The van der Waals surface area contributed by atoms with Gasteiger partial charge in [0.15, 0.2) is 0 Å². The van der Waals surface area contributed by atoms with Gasteiger partial charge in [-0.05, 0) is 59.6 Å². The van der Waals surface area contributed by atoms with Crippen molar-refractivity contribution in [2.75, 3.05) is 5.73 Å². The molecule has 130 valence electrons. The van der Waals surface area contributed by atoms with Crippen LogP contribution in [0.5, 0.6) is 11.5 Å². The Labute approximate surface area is 147 Å². The minimum Gasteiger partial charge on any atom is -0.457 e. The van der Waals surface area contributed by atoms with Crippen LogP contribution in [0.15, 0.2) is 42.5 Å². The molecule has 2 rings (SSSR count). The number of nitrogen functional groups attached to an aromatic ring is 1. The van der Waals surface area contributed by atoms with Crippen molar-refractivity contribution in [2.45, 2.75) is 65.2 Å². The number of anilines is 1. The maximum absolute atomic E-state index is 6.20. The molecule has 0 atom stereocenters. The maximum Gasteiger partial charge on any atom is 0.131 e. The first-order valence-corrected chi connectivity index (χ1v) is 8.88. The highest BCUT2D eigenvalue weighted by molar-refractivity contribution is 5.48. The van der Waals surface area contributed by atoms with Gasteiger partial charge in [-0.25, -0.2) is 0 Å². The predicted molar refractivity (Wildman–Crippen MR) is 104 cm³/mol. The van der Waals surface area contributed by atoms with Gasteiger partial charge in [-0.3, -0.25) is 0 Å². The highest BCUT2D eigenvalue weighted by atomic mass is 16.5. The molecule has 0 aliphatic carbocycles. The van der Waals surface area contributed by atoms with Crippen molar-refractivity contribution in [3.05, 3.63) is 53.6 Å². The van der Waals surface area contributed by atoms with Crippen molar-refractivity contribution < 1.29 is 4.74 Å². The summed E-state index contributed by atoms with van der Waals surface area (Å²) >= 11 is 0. The van der Waals surface area contributed by atoms with E-state index in [-0.39, 0.29) is 10.8 Å². The Hall–Kier alpha value is -1.96. The number of rotatable bonds is 6. The molecule has 0 bridgehead atoms. The van der Waals surface area contributed by atoms with Gasteiger partial charge in [0, 0.05) is 11.3 Å². The Bertz CT molecular complexity index is 684. The summed E-state index contributed by atoms with van der Waals surface area (Å²) in [4.78, 5) is 0. The quantitative estimate of drug-likeness (QED) is 0.620. The monoisotopic (exact) mass is 325 g/mol. The second kappa shape index (κ2) is 6.88. The third kappa shape index (κ3) is 3.92. The van der Waals surface area contributed by atoms with E-state index in [0.29, 0.717) is 0 Å². The summed E-state index contributed by atoms with van der Waals surface area (Å²) in [6.07, 6.45) is 2.16. The molecule has 2 nitrogen and oxygen atoms in total. The van der Waals surface area contributed by atoms with Crippen molar-refractivity contribution in [1.82, 2.24) is 0 Å². The van der Waals surface area contributed by atoms with Crippen LogP contribution in [0.25, 0.3) is 0 Å². The maximum atomic E-state index is 6.20. The molecule has 0 amide bonds. The van der Waals surface area contributed by atoms with Gasteiger partial charge in [0.25, 0.3) is 0 Å². The molecule has 0 aliphatic heterocycles. The molecule has 0 aromatic heterocycles. The minimum atomic E-state index is 0.0585. The molecule has 24 heavy (non-hydrogen) atoms. The molecule has 0 saturated heterocycles. The number of benzene rings is 2. The molecule has 0 heterocycles. The van der Waals surface area contributed by atoms with E-state index in [2.05, 4.69) is 59.7 Å². The van der Waals surface area contributed by atoms with E-state index in [1.807, 2.05) is 24.3 Å². The Morgan fingerprint density at radius 1 is 0.833 bits per heavy atom. The van der Waals surface area contributed by atoms with Crippen LogP contribution in [-0.2, 0) is 10.8 Å². The van der Waals surface area contributed by atoms with Crippen LogP contribution in [0.4, 0.5) is 5.69 Å². The third-order valence-corrected chi connectivity index (χ3v) is 5.37. The number of nitrogens with two attached hydrogens (primary N) is 1. The highest BCUT2D eigenvalue weighted by Crippen LogP contribution is 2.40. The summed E-state index contributed by atoms with van der Waals surface area (Å²) in [6.45, 7) is 13.6. The normalized spacial score (nSPS) is 12.2. The molecular formula is C22H31NO. The Kier molecular flexibility index (Phi) is 5.27. The Morgan fingerprint density at radius 3 is 1.96 bits per heavy atom. The lowest BCUT2D eigenvalue weighted by Crippen LogP contribution is -2.20. The van der Waals surface area contributed by atoms with Crippen LogP contribution in [0.3, 0.4) is 0 Å². The predicted octanol–water partition coefficient (Wildman–Crippen LogP) is 6.44. The van der Waals surface area contributed by atoms with Gasteiger partial charge in [-0.15, -0.1) is 0 Å². The second-order valence-electron chi connectivity index (χ2n) is 7.86. The van der Waals surface area contributed by atoms with Crippen LogP contribution in [0.1, 0.15) is 65.5 Å². The van der Waals surface area contributed by atoms with E-state index in [9.17, 15) is 0 Å². The lowest BCUT2D eigenvalue weighted by atomic mass is 9.76. The van der Waals surface area contributed by atoms with Gasteiger partial charge < -0.3 is 10.5 Å². The summed E-state index contributed by atoms with van der Waals surface area (Å²) in [7, 11) is 0. The minimum absolute atomic E-state index is 0.0585. The van der Waals surface area contributed by atoms with Crippen LogP contribution >= 0.6 is 0 Å². The summed E-state index contributed by atoms with van der Waals surface area (Å²) < 4.78 is 6.20. The van der Waals surface area contributed by atoms with Crippen molar-refractivity contribution in [2.24, 2.45) is 0 Å². The summed E-state index contributed by atoms with van der Waals surface area (Å²) in [5.41, 5.74) is 9.37. The summed E-state index contributed by atoms with van der Waals surface area (Å²) in [6, 6.07) is 14.2. The third-order valence-electron chi connectivity index (χ3n) is 5.37. The molecule has 0 radical (unpaired) electrons. The molecular weight excluding hydrogens is 294 g/mol. The van der Waals surface area contributed by atoms with Gasteiger partial charge in [0.05, 0.1) is 0 Å². The van der Waals surface area contributed by atoms with Crippen LogP contribution in [-0.4, -0.2) is 0 Å². The smallest absolute Gasteiger partial charge is 0.131 e. The van der Waals surface area contributed by atoms with Gasteiger partial charge in [0.2, 0.25) is 0 Å². The van der Waals surface area contributed by atoms with Crippen LogP contribution in [0.2, 0.25) is 0 Å². The first-order valence-electron chi connectivity index (χ1n) is 8.88. The standard InChI is InChI=1S/C22H31NO/c1-7-21(3,4)16-9-14-20(19(15-16)22(5,6)8-2)24-18-12-10-17(23)11-13-18/h9-15H,7-8,23H2,1-6H3. The first kappa shape index (κ1) is 18.4. The number of ether oxygens (including phenoxy) is 1. The number of hydrogen-bond donors (Lipinski definition) is 1. The van der Waals surface area contributed by atoms with Crippen LogP contribution in [0, 0.1) is 0 Å². The Balaban J connectivity index is 2.48. The molecule has 2 heteroatoms. The fourth-order valence-electron chi connectivity index (χ4n) is 2.63. The van der Waals surface area contributed by atoms with E-state index < -0.39 is 0 Å². The van der Waals surface area contributed by atoms with Crippen molar-refractivity contribution >= 4 is 5.69 Å². The molecule has 0 fully saturated rings. The van der Waals surface area contributed by atoms with E-state index in [1.165, 1.54) is 11.1 Å². The SMILES string of the molecule is CCC(C)(C)c1ccc(Oc2ccc(N)cc2)c(C(C)(C)CC)c1. The zero-order chi connectivity index (χ0) is 18.0. The first-order chi connectivity index (χ1) is 11.2. The summed E-state index contributed by atoms with van der Waals surface area (Å²) in [5, 5.41) is 0. The molecule has 0 saturated carbocycles. The average molecular weight is 325 g/mol. The summed E-state index contributed by atoms with van der Waals surface area (Å²) in [5.74, 6) is 1.75. The zero-order valence-corrected chi connectivity index (χ0v) is 15.9. The highest BCUT2D eigenvalue weighted by Gasteiger charge is 2.26. The van der Waals surface area contributed by atoms with Gasteiger partial charge in [-0.2, -0.15) is 0 Å². The molecule has 0 unspecified atom stereocenters. The fraction of sp³-hybridized carbons (Fsp3) is 0.455. The lowest BCUT2D eigenvalue weighted by molar-refractivity contribution is 0.432. The lowest BCUT2D eigenvalue weighted by Gasteiger charge is -2.30. The largest absolute Gasteiger partial charge is 0.457 e. The molecule has 0 aliphatic rings. The number of hydrogen-bond acceptors (Lipinski definition) is 2. The molecule has 2 aromatic carbocycles. The van der Waals surface area contributed by atoms with Crippen molar-refractivity contribution in [3.63, 3.8) is 0 Å². The average Bonchev–Trinajstić information content (AvgIpc) is 2.57.